The van der Waals surface area contributed by atoms with Gasteiger partial charge in [0.2, 0.25) is 0 Å². The third kappa shape index (κ3) is 2.99. The summed E-state index contributed by atoms with van der Waals surface area (Å²) in [5.41, 5.74) is 4.85. The van der Waals surface area contributed by atoms with Gasteiger partial charge in [0.15, 0.2) is 0 Å². The lowest BCUT2D eigenvalue weighted by Gasteiger charge is -2.10. The molecule has 0 spiro atoms. The van der Waals surface area contributed by atoms with Crippen molar-refractivity contribution in [3.05, 3.63) is 58.6 Å². The van der Waals surface area contributed by atoms with E-state index >= 15 is 0 Å². The van der Waals surface area contributed by atoms with Gasteiger partial charge in [0.1, 0.15) is 0 Å². The molecule has 3 rings (SSSR count). The zero-order chi connectivity index (χ0) is 13.2. The van der Waals surface area contributed by atoms with Crippen molar-refractivity contribution in [2.24, 2.45) is 0 Å². The number of aryl methyl sites for hydroxylation is 1. The highest BCUT2D eigenvalue weighted by atomic mass is 35.5. The van der Waals surface area contributed by atoms with E-state index in [4.69, 9.17) is 11.6 Å². The van der Waals surface area contributed by atoms with Crippen LogP contribution >= 0.6 is 11.6 Å². The van der Waals surface area contributed by atoms with Crippen LogP contribution in [0.15, 0.2) is 42.5 Å². The molecule has 0 heterocycles. The average Bonchev–Trinajstić information content (AvgIpc) is 3.22. The van der Waals surface area contributed by atoms with Crippen LogP contribution in [0, 0.1) is 6.92 Å². The first-order valence-electron chi connectivity index (χ1n) is 6.82. The molecule has 1 fully saturated rings. The molecule has 0 bridgehead atoms. The number of hydrogen-bond donors (Lipinski definition) is 1. The highest BCUT2D eigenvalue weighted by molar-refractivity contribution is 6.33. The fourth-order valence-electron chi connectivity index (χ4n) is 2.31. The Morgan fingerprint density at radius 2 is 1.89 bits per heavy atom. The van der Waals surface area contributed by atoms with Gasteiger partial charge in [0.25, 0.3) is 0 Å². The fraction of sp³-hybridized carbons (Fsp3) is 0.294. The van der Waals surface area contributed by atoms with Crippen LogP contribution in [-0.2, 0) is 6.54 Å². The summed E-state index contributed by atoms with van der Waals surface area (Å²) in [5, 5.41) is 4.35. The molecule has 19 heavy (non-hydrogen) atoms. The molecule has 1 nitrogen and oxygen atoms in total. The maximum atomic E-state index is 6.44. The molecular formula is C17H18ClN. The van der Waals surface area contributed by atoms with Gasteiger partial charge < -0.3 is 5.32 Å². The summed E-state index contributed by atoms with van der Waals surface area (Å²) < 4.78 is 0. The Balaban J connectivity index is 1.84. The molecule has 0 radical (unpaired) electrons. The van der Waals surface area contributed by atoms with Crippen LogP contribution in [0.4, 0.5) is 0 Å². The van der Waals surface area contributed by atoms with Gasteiger partial charge in [-0.3, -0.25) is 0 Å². The third-order valence-electron chi connectivity index (χ3n) is 3.64. The Bertz CT molecular complexity index is 588. The summed E-state index contributed by atoms with van der Waals surface area (Å²) in [5.74, 6) is 0. The molecule has 2 heteroatoms. The van der Waals surface area contributed by atoms with E-state index in [2.05, 4.69) is 54.7 Å². The van der Waals surface area contributed by atoms with E-state index in [1.807, 2.05) is 0 Å². The van der Waals surface area contributed by atoms with Crippen LogP contribution in [0.25, 0.3) is 11.1 Å². The van der Waals surface area contributed by atoms with E-state index in [1.54, 1.807) is 0 Å². The van der Waals surface area contributed by atoms with Crippen LogP contribution in [0.5, 0.6) is 0 Å². The van der Waals surface area contributed by atoms with E-state index in [-0.39, 0.29) is 0 Å². The Labute approximate surface area is 119 Å². The van der Waals surface area contributed by atoms with Gasteiger partial charge in [-0.2, -0.15) is 0 Å². The first kappa shape index (κ1) is 12.7. The van der Waals surface area contributed by atoms with Crippen LogP contribution in [0.2, 0.25) is 5.02 Å². The molecule has 1 aliphatic carbocycles. The number of hydrogen-bond acceptors (Lipinski definition) is 1. The van der Waals surface area contributed by atoms with Gasteiger partial charge in [-0.25, -0.2) is 0 Å². The normalized spacial score (nSPS) is 14.6. The molecule has 0 aromatic heterocycles. The summed E-state index contributed by atoms with van der Waals surface area (Å²) in [7, 11) is 0. The minimum atomic E-state index is 0.731. The summed E-state index contributed by atoms with van der Waals surface area (Å²) in [6, 6.07) is 15.5. The van der Waals surface area contributed by atoms with Crippen molar-refractivity contribution in [2.45, 2.75) is 32.4 Å². The number of rotatable bonds is 4. The van der Waals surface area contributed by atoms with Gasteiger partial charge in [0, 0.05) is 23.2 Å². The summed E-state index contributed by atoms with van der Waals surface area (Å²) >= 11 is 6.44. The summed E-state index contributed by atoms with van der Waals surface area (Å²) in [4.78, 5) is 0. The lowest BCUT2D eigenvalue weighted by atomic mass is 9.99. The first-order valence-corrected chi connectivity index (χ1v) is 7.19. The van der Waals surface area contributed by atoms with Gasteiger partial charge in [-0.05, 0) is 42.5 Å². The van der Waals surface area contributed by atoms with Crippen molar-refractivity contribution in [1.82, 2.24) is 5.32 Å². The second-order valence-electron chi connectivity index (χ2n) is 5.28. The lowest BCUT2D eigenvalue weighted by Crippen LogP contribution is -2.15. The molecule has 2 aromatic carbocycles. The highest BCUT2D eigenvalue weighted by Crippen LogP contribution is 2.31. The van der Waals surface area contributed by atoms with Crippen molar-refractivity contribution >= 4 is 11.6 Å². The van der Waals surface area contributed by atoms with E-state index in [0.29, 0.717) is 0 Å². The van der Waals surface area contributed by atoms with Gasteiger partial charge in [-0.15, -0.1) is 0 Å². The largest absolute Gasteiger partial charge is 0.310 e. The molecular weight excluding hydrogens is 254 g/mol. The Kier molecular flexibility index (Phi) is 3.58. The van der Waals surface area contributed by atoms with E-state index in [9.17, 15) is 0 Å². The molecule has 0 unspecified atom stereocenters. The van der Waals surface area contributed by atoms with Crippen LogP contribution in [-0.4, -0.2) is 6.04 Å². The number of nitrogens with one attached hydrogen (secondary N) is 1. The predicted molar refractivity (Wildman–Crippen MR) is 81.5 cm³/mol. The Hall–Kier alpha value is -1.31. The second-order valence-corrected chi connectivity index (χ2v) is 5.69. The van der Waals surface area contributed by atoms with Gasteiger partial charge >= 0.3 is 0 Å². The smallest absolute Gasteiger partial charge is 0.0487 e. The second kappa shape index (κ2) is 5.36. The first-order chi connectivity index (χ1) is 9.24. The van der Waals surface area contributed by atoms with Crippen molar-refractivity contribution in [2.75, 3.05) is 0 Å². The topological polar surface area (TPSA) is 12.0 Å². The molecule has 1 saturated carbocycles. The van der Waals surface area contributed by atoms with Crippen molar-refractivity contribution < 1.29 is 0 Å². The summed E-state index contributed by atoms with van der Waals surface area (Å²) in [6.07, 6.45) is 2.63. The van der Waals surface area contributed by atoms with Crippen molar-refractivity contribution in [1.29, 1.82) is 0 Å². The van der Waals surface area contributed by atoms with Crippen LogP contribution in [0.3, 0.4) is 0 Å². The molecule has 0 saturated heterocycles. The standard InChI is InChI=1S/C17H18ClN/c1-12-4-2-3-5-15(12)16-9-6-13(10-17(16)18)11-19-14-7-8-14/h2-6,9-10,14,19H,7-8,11H2,1H3. The SMILES string of the molecule is Cc1ccccc1-c1ccc(CNC2CC2)cc1Cl. The lowest BCUT2D eigenvalue weighted by molar-refractivity contribution is 0.688. The molecule has 0 amide bonds. The summed E-state index contributed by atoms with van der Waals surface area (Å²) in [6.45, 7) is 3.03. The van der Waals surface area contributed by atoms with E-state index in [0.717, 1.165) is 23.2 Å². The van der Waals surface area contributed by atoms with Crippen molar-refractivity contribution in [3.63, 3.8) is 0 Å². The Morgan fingerprint density at radius 3 is 2.58 bits per heavy atom. The maximum Gasteiger partial charge on any atom is 0.0487 e. The molecule has 0 aliphatic heterocycles. The Morgan fingerprint density at radius 1 is 1.11 bits per heavy atom. The minimum Gasteiger partial charge on any atom is -0.310 e. The zero-order valence-corrected chi connectivity index (χ0v) is 11.9. The zero-order valence-electron chi connectivity index (χ0n) is 11.1. The molecule has 1 aliphatic rings. The van der Waals surface area contributed by atoms with Crippen LogP contribution < -0.4 is 5.32 Å². The van der Waals surface area contributed by atoms with E-state index < -0.39 is 0 Å². The van der Waals surface area contributed by atoms with E-state index in [1.165, 1.54) is 29.5 Å². The maximum absolute atomic E-state index is 6.44. The molecule has 98 valence electrons. The number of halogens is 1. The van der Waals surface area contributed by atoms with Gasteiger partial charge in [-0.1, -0.05) is 48.0 Å². The molecule has 1 N–H and O–H groups in total. The minimum absolute atomic E-state index is 0.731. The van der Waals surface area contributed by atoms with Crippen LogP contribution in [0.1, 0.15) is 24.0 Å². The fourth-order valence-corrected chi connectivity index (χ4v) is 2.62. The average molecular weight is 272 g/mol. The number of benzene rings is 2. The monoisotopic (exact) mass is 271 g/mol. The van der Waals surface area contributed by atoms with Gasteiger partial charge in [0.05, 0.1) is 0 Å². The third-order valence-corrected chi connectivity index (χ3v) is 3.95. The molecule has 2 aromatic rings. The molecule has 0 atom stereocenters. The highest BCUT2D eigenvalue weighted by Gasteiger charge is 2.20. The quantitative estimate of drug-likeness (QED) is 0.859. The predicted octanol–water partition coefficient (Wildman–Crippen LogP) is 4.57. The van der Waals surface area contributed by atoms with Crippen molar-refractivity contribution in [3.8, 4) is 11.1 Å².